The number of nitrogens with zero attached hydrogens (tertiary/aromatic N) is 4. The number of ether oxygens (including phenoxy) is 1. The summed E-state index contributed by atoms with van der Waals surface area (Å²) < 4.78 is 19.7. The van der Waals surface area contributed by atoms with Crippen molar-refractivity contribution in [3.63, 3.8) is 0 Å². The van der Waals surface area contributed by atoms with Crippen LogP contribution in [0, 0.1) is 15.9 Å². The van der Waals surface area contributed by atoms with Crippen molar-refractivity contribution >= 4 is 17.5 Å². The van der Waals surface area contributed by atoms with Gasteiger partial charge in [0.05, 0.1) is 18.1 Å². The van der Waals surface area contributed by atoms with Gasteiger partial charge in [-0.2, -0.15) is 4.98 Å². The van der Waals surface area contributed by atoms with Gasteiger partial charge in [-0.15, -0.1) is 0 Å². The Morgan fingerprint density at radius 2 is 2.15 bits per heavy atom. The number of anilines is 2. The largest absolute Gasteiger partial charge is 0.370 e. The lowest BCUT2D eigenvalue weighted by atomic mass is 10.1. The molecule has 1 saturated carbocycles. The average molecular weight is 359 g/mol. The fraction of sp³-hybridized carbons (Fsp3) is 0.412. The first-order valence-electron chi connectivity index (χ1n) is 8.51. The summed E-state index contributed by atoms with van der Waals surface area (Å²) in [7, 11) is 0. The zero-order valence-electron chi connectivity index (χ0n) is 14.0. The van der Waals surface area contributed by atoms with Crippen LogP contribution < -0.4 is 10.2 Å². The molecule has 2 heterocycles. The van der Waals surface area contributed by atoms with Crippen LogP contribution in [0.4, 0.5) is 21.8 Å². The van der Waals surface area contributed by atoms with Crippen LogP contribution in [0.1, 0.15) is 24.5 Å². The van der Waals surface area contributed by atoms with Crippen LogP contribution in [-0.2, 0) is 4.74 Å². The number of halogens is 1. The number of hydrogen-bond donors (Lipinski definition) is 1. The van der Waals surface area contributed by atoms with E-state index in [4.69, 9.17) is 4.74 Å². The second-order valence-electron chi connectivity index (χ2n) is 6.41. The summed E-state index contributed by atoms with van der Waals surface area (Å²) in [5.41, 5.74) is 0.343. The molecule has 2 aromatic rings. The lowest BCUT2D eigenvalue weighted by Crippen LogP contribution is -2.39. The third-order valence-corrected chi connectivity index (χ3v) is 4.47. The van der Waals surface area contributed by atoms with Crippen LogP contribution in [0.3, 0.4) is 0 Å². The highest BCUT2D eigenvalue weighted by atomic mass is 19.1. The standard InChI is InChI=1S/C17H18FN5O3/c18-13-4-2-1-3-12(13)15-10-22(7-8-26-15)17-19-9-14(23(24)25)16(21-17)20-11-5-6-11/h1-4,9,11,15H,5-8,10H2,(H,19,20,21)/t15-/m1/s1. The highest BCUT2D eigenvalue weighted by Crippen LogP contribution is 2.31. The molecule has 8 nitrogen and oxygen atoms in total. The minimum atomic E-state index is -0.490. The zero-order chi connectivity index (χ0) is 18.1. The van der Waals surface area contributed by atoms with E-state index in [9.17, 15) is 14.5 Å². The fourth-order valence-electron chi connectivity index (χ4n) is 2.93. The first-order chi connectivity index (χ1) is 12.6. The Hall–Kier alpha value is -2.81. The highest BCUT2D eigenvalue weighted by Gasteiger charge is 2.29. The SMILES string of the molecule is O=[N+]([O-])c1cnc(N2CCO[C@@H](c3ccccc3F)C2)nc1NC1CC1. The monoisotopic (exact) mass is 359 g/mol. The molecule has 1 saturated heterocycles. The number of rotatable bonds is 5. The molecule has 1 atom stereocenters. The van der Waals surface area contributed by atoms with Crippen LogP contribution in [0.2, 0.25) is 0 Å². The van der Waals surface area contributed by atoms with Crippen molar-refractivity contribution in [1.29, 1.82) is 0 Å². The van der Waals surface area contributed by atoms with Crippen molar-refractivity contribution in [2.24, 2.45) is 0 Å². The van der Waals surface area contributed by atoms with E-state index in [0.717, 1.165) is 12.8 Å². The molecule has 1 aliphatic heterocycles. The smallest absolute Gasteiger partial charge is 0.329 e. The van der Waals surface area contributed by atoms with E-state index in [2.05, 4.69) is 15.3 Å². The third-order valence-electron chi connectivity index (χ3n) is 4.47. The molecule has 26 heavy (non-hydrogen) atoms. The summed E-state index contributed by atoms with van der Waals surface area (Å²) in [6.07, 6.45) is 2.73. The summed E-state index contributed by atoms with van der Waals surface area (Å²) >= 11 is 0. The van der Waals surface area contributed by atoms with Gasteiger partial charge < -0.3 is 15.0 Å². The molecule has 2 aliphatic rings. The Bertz CT molecular complexity index is 830. The van der Waals surface area contributed by atoms with Crippen LogP contribution in [-0.4, -0.2) is 40.6 Å². The average Bonchev–Trinajstić information content (AvgIpc) is 3.46. The first-order valence-corrected chi connectivity index (χ1v) is 8.51. The summed E-state index contributed by atoms with van der Waals surface area (Å²) in [6.45, 7) is 1.30. The zero-order valence-corrected chi connectivity index (χ0v) is 14.0. The van der Waals surface area contributed by atoms with Gasteiger partial charge in [0.2, 0.25) is 11.8 Å². The second-order valence-corrected chi connectivity index (χ2v) is 6.41. The first kappa shape index (κ1) is 16.6. The van der Waals surface area contributed by atoms with Crippen LogP contribution in [0.15, 0.2) is 30.5 Å². The quantitative estimate of drug-likeness (QED) is 0.648. The molecule has 1 aromatic carbocycles. The van der Waals surface area contributed by atoms with E-state index >= 15 is 0 Å². The molecule has 1 N–H and O–H groups in total. The summed E-state index contributed by atoms with van der Waals surface area (Å²) in [5, 5.41) is 14.3. The normalized spacial score (nSPS) is 20.0. The number of benzene rings is 1. The minimum Gasteiger partial charge on any atom is -0.370 e. The van der Waals surface area contributed by atoms with E-state index in [1.807, 2.05) is 4.90 Å². The van der Waals surface area contributed by atoms with Crippen molar-refractivity contribution in [2.45, 2.75) is 25.0 Å². The van der Waals surface area contributed by atoms with E-state index < -0.39 is 11.0 Å². The van der Waals surface area contributed by atoms with Crippen molar-refractivity contribution in [3.05, 3.63) is 52.0 Å². The molecular formula is C17H18FN5O3. The summed E-state index contributed by atoms with van der Waals surface area (Å²) in [6, 6.07) is 6.72. The van der Waals surface area contributed by atoms with Gasteiger partial charge >= 0.3 is 5.69 Å². The topological polar surface area (TPSA) is 93.4 Å². The molecular weight excluding hydrogens is 341 g/mol. The maximum atomic E-state index is 14.0. The fourth-order valence-corrected chi connectivity index (χ4v) is 2.93. The van der Waals surface area contributed by atoms with Gasteiger partial charge in [0.15, 0.2) is 0 Å². The molecule has 2 fully saturated rings. The Balaban J connectivity index is 1.58. The Morgan fingerprint density at radius 3 is 2.88 bits per heavy atom. The van der Waals surface area contributed by atoms with E-state index in [1.165, 1.54) is 12.3 Å². The van der Waals surface area contributed by atoms with E-state index in [-0.39, 0.29) is 23.4 Å². The van der Waals surface area contributed by atoms with E-state index in [0.29, 0.717) is 31.2 Å². The van der Waals surface area contributed by atoms with E-state index in [1.54, 1.807) is 18.2 Å². The van der Waals surface area contributed by atoms with Gasteiger partial charge in [-0.1, -0.05) is 18.2 Å². The van der Waals surface area contributed by atoms with Gasteiger partial charge in [0.25, 0.3) is 0 Å². The molecule has 0 bridgehead atoms. The number of nitro groups is 1. The molecule has 1 aromatic heterocycles. The molecule has 0 unspecified atom stereocenters. The van der Waals surface area contributed by atoms with Crippen LogP contribution >= 0.6 is 0 Å². The van der Waals surface area contributed by atoms with Gasteiger partial charge in [0.1, 0.15) is 18.1 Å². The Labute approximate surface area is 149 Å². The maximum absolute atomic E-state index is 14.0. The lowest BCUT2D eigenvalue weighted by Gasteiger charge is -2.33. The third kappa shape index (κ3) is 3.43. The predicted octanol–water partition coefficient (Wildman–Crippen LogP) is 2.68. The molecule has 0 spiro atoms. The van der Waals surface area contributed by atoms with Gasteiger partial charge in [-0.25, -0.2) is 9.37 Å². The summed E-state index contributed by atoms with van der Waals surface area (Å²) in [4.78, 5) is 21.1. The van der Waals surface area contributed by atoms with Crippen LogP contribution in [0.25, 0.3) is 0 Å². The van der Waals surface area contributed by atoms with Crippen molar-refractivity contribution in [1.82, 2.24) is 9.97 Å². The second kappa shape index (κ2) is 6.83. The molecule has 136 valence electrons. The number of aromatic nitrogens is 2. The van der Waals surface area contributed by atoms with Crippen molar-refractivity contribution in [2.75, 3.05) is 29.9 Å². The number of nitrogens with one attached hydrogen (secondary N) is 1. The van der Waals surface area contributed by atoms with Crippen LogP contribution in [0.5, 0.6) is 0 Å². The predicted molar refractivity (Wildman–Crippen MR) is 92.6 cm³/mol. The van der Waals surface area contributed by atoms with Gasteiger partial charge in [-0.05, 0) is 18.9 Å². The van der Waals surface area contributed by atoms with Gasteiger partial charge in [0, 0.05) is 18.2 Å². The molecule has 9 heteroatoms. The Morgan fingerprint density at radius 1 is 1.35 bits per heavy atom. The summed E-state index contributed by atoms with van der Waals surface area (Å²) in [5.74, 6) is 0.292. The van der Waals surface area contributed by atoms with Gasteiger partial charge in [-0.3, -0.25) is 10.1 Å². The maximum Gasteiger partial charge on any atom is 0.329 e. The molecule has 0 amide bonds. The lowest BCUT2D eigenvalue weighted by molar-refractivity contribution is -0.384. The highest BCUT2D eigenvalue weighted by molar-refractivity contribution is 5.58. The Kier molecular flexibility index (Phi) is 4.37. The molecule has 1 aliphatic carbocycles. The van der Waals surface area contributed by atoms with Crippen molar-refractivity contribution in [3.8, 4) is 0 Å². The minimum absolute atomic E-state index is 0.139. The number of hydrogen-bond acceptors (Lipinski definition) is 7. The molecule has 0 radical (unpaired) electrons. The molecule has 4 rings (SSSR count). The number of morpholine rings is 1. The van der Waals surface area contributed by atoms with Crippen molar-refractivity contribution < 1.29 is 14.1 Å².